The van der Waals surface area contributed by atoms with E-state index in [9.17, 15) is 19.5 Å². The van der Waals surface area contributed by atoms with E-state index in [4.69, 9.17) is 0 Å². The zero-order chi connectivity index (χ0) is 27.6. The molecule has 1 aliphatic heterocycles. The predicted molar refractivity (Wildman–Crippen MR) is 149 cm³/mol. The molecule has 3 aromatic rings. The van der Waals surface area contributed by atoms with Crippen LogP contribution >= 0.6 is 0 Å². The van der Waals surface area contributed by atoms with Gasteiger partial charge in [-0.05, 0) is 78.6 Å². The lowest BCUT2D eigenvalue weighted by Crippen LogP contribution is -2.43. The van der Waals surface area contributed by atoms with Crippen molar-refractivity contribution in [1.82, 2.24) is 10.2 Å². The van der Waals surface area contributed by atoms with Gasteiger partial charge in [0.2, 0.25) is 0 Å². The lowest BCUT2D eigenvalue weighted by molar-refractivity contribution is -0.139. The molecule has 4 rings (SSSR count). The molecule has 0 radical (unpaired) electrons. The van der Waals surface area contributed by atoms with E-state index < -0.39 is 12.0 Å². The number of hydrogen-bond donors (Lipinski definition) is 2. The maximum absolute atomic E-state index is 13.4. The van der Waals surface area contributed by atoms with Gasteiger partial charge in [0.15, 0.2) is 0 Å². The SMILES string of the molecule is Cc1ccc(C(=O)N2CCc3c(cc(C)c(C(=O)N[C@@H](Cc4cccc(C(C)C)c4)C(=O)O)c3C)C2)cc1. The maximum atomic E-state index is 13.4. The zero-order valence-corrected chi connectivity index (χ0v) is 22.8. The summed E-state index contributed by atoms with van der Waals surface area (Å²) in [7, 11) is 0. The first-order valence-corrected chi connectivity index (χ1v) is 13.2. The van der Waals surface area contributed by atoms with Crippen LogP contribution in [0.3, 0.4) is 0 Å². The molecule has 1 aliphatic rings. The van der Waals surface area contributed by atoms with Crippen molar-refractivity contribution in [3.8, 4) is 0 Å². The molecular weight excluding hydrogens is 476 g/mol. The lowest BCUT2D eigenvalue weighted by Gasteiger charge is -2.31. The molecule has 6 nitrogen and oxygen atoms in total. The fraction of sp³-hybridized carbons (Fsp3) is 0.344. The number of fused-ring (bicyclic) bond motifs is 1. The van der Waals surface area contributed by atoms with Crippen LogP contribution < -0.4 is 5.32 Å². The summed E-state index contributed by atoms with van der Waals surface area (Å²) in [5, 5.41) is 12.6. The molecule has 0 unspecified atom stereocenters. The summed E-state index contributed by atoms with van der Waals surface area (Å²) in [6.07, 6.45) is 0.852. The molecule has 1 heterocycles. The summed E-state index contributed by atoms with van der Waals surface area (Å²) >= 11 is 0. The summed E-state index contributed by atoms with van der Waals surface area (Å²) < 4.78 is 0. The molecule has 0 aliphatic carbocycles. The summed E-state index contributed by atoms with van der Waals surface area (Å²) in [4.78, 5) is 40.4. The number of nitrogens with one attached hydrogen (secondary N) is 1. The first-order valence-electron chi connectivity index (χ1n) is 13.2. The number of benzene rings is 3. The van der Waals surface area contributed by atoms with E-state index in [1.165, 1.54) is 0 Å². The van der Waals surface area contributed by atoms with E-state index in [2.05, 4.69) is 19.2 Å². The Morgan fingerprint density at radius 3 is 2.37 bits per heavy atom. The van der Waals surface area contributed by atoms with Gasteiger partial charge < -0.3 is 15.3 Å². The van der Waals surface area contributed by atoms with Crippen molar-refractivity contribution in [3.05, 3.63) is 105 Å². The van der Waals surface area contributed by atoms with E-state index >= 15 is 0 Å². The molecule has 0 saturated carbocycles. The molecule has 6 heteroatoms. The van der Waals surface area contributed by atoms with Gasteiger partial charge in [-0.1, -0.05) is 61.9 Å². The maximum Gasteiger partial charge on any atom is 0.326 e. The normalized spacial score (nSPS) is 13.7. The second kappa shape index (κ2) is 11.2. The monoisotopic (exact) mass is 512 g/mol. The van der Waals surface area contributed by atoms with Crippen LogP contribution in [0.1, 0.15) is 79.4 Å². The largest absolute Gasteiger partial charge is 0.480 e. The Hall–Kier alpha value is -3.93. The lowest BCUT2D eigenvalue weighted by atomic mass is 9.88. The van der Waals surface area contributed by atoms with Gasteiger partial charge >= 0.3 is 5.97 Å². The van der Waals surface area contributed by atoms with E-state index in [-0.39, 0.29) is 18.2 Å². The van der Waals surface area contributed by atoms with E-state index in [1.807, 2.05) is 80.3 Å². The Morgan fingerprint density at radius 1 is 1.00 bits per heavy atom. The molecule has 2 amide bonds. The van der Waals surface area contributed by atoms with Crippen molar-refractivity contribution in [2.45, 2.75) is 66.0 Å². The van der Waals surface area contributed by atoms with Gasteiger partial charge in [0.05, 0.1) is 0 Å². The van der Waals surface area contributed by atoms with Crippen molar-refractivity contribution in [2.24, 2.45) is 0 Å². The first-order chi connectivity index (χ1) is 18.0. The zero-order valence-electron chi connectivity index (χ0n) is 22.8. The highest BCUT2D eigenvalue weighted by Crippen LogP contribution is 2.29. The van der Waals surface area contributed by atoms with E-state index in [0.717, 1.165) is 38.9 Å². The molecule has 0 spiro atoms. The fourth-order valence-corrected chi connectivity index (χ4v) is 5.28. The average molecular weight is 513 g/mol. The highest BCUT2D eigenvalue weighted by Gasteiger charge is 2.28. The van der Waals surface area contributed by atoms with Crippen LogP contribution in [0.4, 0.5) is 0 Å². The summed E-state index contributed by atoms with van der Waals surface area (Å²) in [5.41, 5.74) is 8.02. The average Bonchev–Trinajstić information content (AvgIpc) is 2.88. The fourth-order valence-electron chi connectivity index (χ4n) is 5.28. The molecule has 0 saturated heterocycles. The van der Waals surface area contributed by atoms with Crippen molar-refractivity contribution in [2.75, 3.05) is 6.54 Å². The number of hydrogen-bond acceptors (Lipinski definition) is 3. The van der Waals surface area contributed by atoms with Crippen LogP contribution in [0, 0.1) is 20.8 Å². The van der Waals surface area contributed by atoms with Crippen LogP contribution in [0.25, 0.3) is 0 Å². The summed E-state index contributed by atoms with van der Waals surface area (Å²) in [5.74, 6) is -1.12. The number of rotatable bonds is 7. The minimum absolute atomic E-state index is 0.00129. The Labute approximate surface area is 224 Å². The number of nitrogens with zero attached hydrogens (tertiary/aromatic N) is 1. The molecule has 0 fully saturated rings. The highest BCUT2D eigenvalue weighted by molar-refractivity contribution is 6.00. The highest BCUT2D eigenvalue weighted by atomic mass is 16.4. The Kier molecular flexibility index (Phi) is 8.00. The Balaban J connectivity index is 1.53. The second-order valence-corrected chi connectivity index (χ2v) is 10.6. The third kappa shape index (κ3) is 5.80. The number of aryl methyl sites for hydroxylation is 2. The van der Waals surface area contributed by atoms with Gasteiger partial charge in [-0.15, -0.1) is 0 Å². The molecule has 0 bridgehead atoms. The van der Waals surface area contributed by atoms with Crippen LogP contribution in [0.5, 0.6) is 0 Å². The number of amides is 2. The summed E-state index contributed by atoms with van der Waals surface area (Å²) in [6.45, 7) is 11.0. The van der Waals surface area contributed by atoms with Gasteiger partial charge in [0, 0.05) is 30.6 Å². The topological polar surface area (TPSA) is 86.7 Å². The number of carbonyl (C=O) groups excluding carboxylic acids is 2. The van der Waals surface area contributed by atoms with E-state index in [1.54, 1.807) is 0 Å². The first kappa shape index (κ1) is 27.1. The standard InChI is InChI=1S/C32H36N2O4/c1-19(2)25-8-6-7-23(16-25)17-28(32(37)38)33-30(35)29-21(4)15-26-18-34(14-13-27(26)22(29)5)31(36)24-11-9-20(3)10-12-24/h6-12,15-16,19,28H,13-14,17-18H2,1-5H3,(H,33,35)(H,37,38)/t28-/m0/s1. The second-order valence-electron chi connectivity index (χ2n) is 10.6. The van der Waals surface area contributed by atoms with Gasteiger partial charge in [0.25, 0.3) is 11.8 Å². The minimum atomic E-state index is -1.06. The third-order valence-electron chi connectivity index (χ3n) is 7.47. The number of carboxylic acid groups (broad SMARTS) is 1. The van der Waals surface area contributed by atoms with Crippen LogP contribution in [0.2, 0.25) is 0 Å². The Bertz CT molecular complexity index is 1370. The number of carbonyl (C=O) groups is 3. The van der Waals surface area contributed by atoms with Gasteiger partial charge in [-0.2, -0.15) is 0 Å². The molecular formula is C32H36N2O4. The van der Waals surface area contributed by atoms with E-state index in [0.29, 0.717) is 36.6 Å². The molecule has 0 aromatic heterocycles. The smallest absolute Gasteiger partial charge is 0.326 e. The van der Waals surface area contributed by atoms with Gasteiger partial charge in [-0.3, -0.25) is 9.59 Å². The summed E-state index contributed by atoms with van der Waals surface area (Å²) in [6, 6.07) is 16.4. The van der Waals surface area contributed by atoms with Gasteiger partial charge in [-0.25, -0.2) is 4.79 Å². The van der Waals surface area contributed by atoms with Crippen LogP contribution in [0.15, 0.2) is 54.6 Å². The molecule has 1 atom stereocenters. The molecule has 2 N–H and O–H groups in total. The molecule has 198 valence electrons. The van der Waals surface area contributed by atoms with Crippen molar-refractivity contribution in [3.63, 3.8) is 0 Å². The molecule has 3 aromatic carbocycles. The molecule has 38 heavy (non-hydrogen) atoms. The quantitative estimate of drug-likeness (QED) is 0.446. The van der Waals surface area contributed by atoms with Crippen molar-refractivity contribution in [1.29, 1.82) is 0 Å². The van der Waals surface area contributed by atoms with Crippen LogP contribution in [-0.2, 0) is 24.2 Å². The third-order valence-corrected chi connectivity index (χ3v) is 7.47. The Morgan fingerprint density at radius 2 is 1.71 bits per heavy atom. The number of carboxylic acids is 1. The minimum Gasteiger partial charge on any atom is -0.480 e. The van der Waals surface area contributed by atoms with Crippen LogP contribution in [-0.4, -0.2) is 40.4 Å². The predicted octanol–water partition coefficient (Wildman–Crippen LogP) is 5.36. The number of aliphatic carboxylic acids is 1. The van der Waals surface area contributed by atoms with Gasteiger partial charge in [0.1, 0.15) is 6.04 Å². The van der Waals surface area contributed by atoms with Crippen molar-refractivity contribution < 1.29 is 19.5 Å². The van der Waals surface area contributed by atoms with Crippen molar-refractivity contribution >= 4 is 17.8 Å².